The van der Waals surface area contributed by atoms with Gasteiger partial charge in [0, 0.05) is 6.20 Å². The molecule has 0 aliphatic heterocycles. The van der Waals surface area contributed by atoms with Crippen LogP contribution in [0, 0.1) is 11.3 Å². The van der Waals surface area contributed by atoms with Gasteiger partial charge in [0.1, 0.15) is 11.8 Å². The van der Waals surface area contributed by atoms with Gasteiger partial charge in [0.15, 0.2) is 0 Å². The minimum Gasteiger partial charge on any atom is -0.430 e. The number of aromatic nitrogens is 1. The van der Waals surface area contributed by atoms with Gasteiger partial charge in [-0.3, -0.25) is 4.98 Å². The van der Waals surface area contributed by atoms with Gasteiger partial charge in [-0.2, -0.15) is 27.2 Å². The molecule has 0 spiro atoms. The summed E-state index contributed by atoms with van der Waals surface area (Å²) in [6.45, 7) is 0. The van der Waals surface area contributed by atoms with E-state index < -0.39 is 24.2 Å². The van der Waals surface area contributed by atoms with Crippen LogP contribution in [0.2, 0.25) is 0 Å². The largest absolute Gasteiger partial charge is 0.439 e. The molecule has 9 heteroatoms. The molecule has 2 aromatic rings. The van der Waals surface area contributed by atoms with Crippen LogP contribution in [0.1, 0.15) is 11.3 Å². The number of ether oxygens (including phenoxy) is 1. The number of hydrogen-bond acceptors (Lipinski definition) is 3. The van der Waals surface area contributed by atoms with Gasteiger partial charge in [-0.25, -0.2) is 4.39 Å². The van der Waals surface area contributed by atoms with Gasteiger partial charge in [0.25, 0.3) is 6.17 Å². The molecule has 0 amide bonds. The Balaban J connectivity index is 2.18. The summed E-state index contributed by atoms with van der Waals surface area (Å²) >= 11 is 0. The van der Waals surface area contributed by atoms with E-state index in [2.05, 4.69) is 9.72 Å². The molecule has 1 atom stereocenters. The molecule has 0 fully saturated rings. The molecule has 1 heterocycles. The zero-order valence-electron chi connectivity index (χ0n) is 12.8. The fourth-order valence-corrected chi connectivity index (χ4v) is 1.88. The monoisotopic (exact) mass is 372 g/mol. The summed E-state index contributed by atoms with van der Waals surface area (Å²) in [4.78, 5) is 3.99. The lowest BCUT2D eigenvalue weighted by atomic mass is 10.1. The van der Waals surface area contributed by atoms with E-state index in [1.807, 2.05) is 6.07 Å². The Kier molecular flexibility index (Phi) is 5.55. The molecule has 0 saturated carbocycles. The highest BCUT2D eigenvalue weighted by atomic mass is 19.4. The second-order valence-electron chi connectivity index (χ2n) is 5.02. The highest BCUT2D eigenvalue weighted by Gasteiger charge is 2.59. The zero-order valence-corrected chi connectivity index (χ0v) is 12.8. The molecule has 0 unspecified atom stereocenters. The lowest BCUT2D eigenvalue weighted by Crippen LogP contribution is -2.45. The van der Waals surface area contributed by atoms with E-state index in [1.165, 1.54) is 24.4 Å². The second kappa shape index (κ2) is 7.47. The van der Waals surface area contributed by atoms with E-state index in [1.54, 1.807) is 18.2 Å². The SMILES string of the molecule is N#C/C(=C\c1ccc(OC(F)(F)[C@H](F)C(F)(F)F)cc1)c1ccccn1. The highest BCUT2D eigenvalue weighted by molar-refractivity contribution is 5.88. The molecule has 136 valence electrons. The number of allylic oxidation sites excluding steroid dienone is 1. The van der Waals surface area contributed by atoms with Crippen molar-refractivity contribution in [1.29, 1.82) is 5.26 Å². The van der Waals surface area contributed by atoms with Gasteiger partial charge >= 0.3 is 12.3 Å². The first-order valence-corrected chi connectivity index (χ1v) is 7.04. The molecular weight excluding hydrogens is 362 g/mol. The number of pyridine rings is 1. The maximum Gasteiger partial charge on any atom is 0.439 e. The predicted molar refractivity (Wildman–Crippen MR) is 80.7 cm³/mol. The van der Waals surface area contributed by atoms with Crippen LogP contribution in [0.4, 0.5) is 26.3 Å². The molecular formula is C17H10F6N2O. The lowest BCUT2D eigenvalue weighted by Gasteiger charge is -2.23. The molecule has 3 nitrogen and oxygen atoms in total. The molecule has 1 aromatic carbocycles. The molecule has 26 heavy (non-hydrogen) atoms. The lowest BCUT2D eigenvalue weighted by molar-refractivity contribution is -0.304. The van der Waals surface area contributed by atoms with Crippen molar-refractivity contribution in [1.82, 2.24) is 4.98 Å². The van der Waals surface area contributed by atoms with Crippen LogP contribution in [-0.2, 0) is 0 Å². The van der Waals surface area contributed by atoms with Crippen LogP contribution in [-0.4, -0.2) is 23.4 Å². The van der Waals surface area contributed by atoms with Crippen molar-refractivity contribution >= 4 is 11.6 Å². The number of rotatable bonds is 5. The normalized spacial score (nSPS) is 13.8. The van der Waals surface area contributed by atoms with Crippen LogP contribution in [0.25, 0.3) is 11.6 Å². The molecule has 0 saturated heterocycles. The predicted octanol–water partition coefficient (Wildman–Crippen LogP) is 5.02. The Morgan fingerprint density at radius 1 is 1.08 bits per heavy atom. The Bertz CT molecular complexity index is 810. The van der Waals surface area contributed by atoms with Crippen molar-refractivity contribution < 1.29 is 31.1 Å². The number of nitriles is 1. The topological polar surface area (TPSA) is 45.9 Å². The third-order valence-electron chi connectivity index (χ3n) is 3.09. The fraction of sp³-hybridized carbons (Fsp3) is 0.176. The molecule has 1 aromatic heterocycles. The van der Waals surface area contributed by atoms with E-state index in [0.29, 0.717) is 11.3 Å². The van der Waals surface area contributed by atoms with Crippen molar-refractivity contribution in [2.45, 2.75) is 18.5 Å². The van der Waals surface area contributed by atoms with Crippen LogP contribution in [0.15, 0.2) is 48.7 Å². The average molecular weight is 372 g/mol. The Morgan fingerprint density at radius 2 is 1.73 bits per heavy atom. The van der Waals surface area contributed by atoms with E-state index in [9.17, 15) is 26.3 Å². The molecule has 0 N–H and O–H groups in total. The van der Waals surface area contributed by atoms with Crippen LogP contribution in [0.3, 0.4) is 0 Å². The Morgan fingerprint density at radius 3 is 2.23 bits per heavy atom. The smallest absolute Gasteiger partial charge is 0.430 e. The van der Waals surface area contributed by atoms with E-state index in [4.69, 9.17) is 5.26 Å². The number of hydrogen-bond donors (Lipinski definition) is 0. The number of halogens is 6. The molecule has 0 aliphatic rings. The van der Waals surface area contributed by atoms with Gasteiger partial charge in [0.2, 0.25) is 0 Å². The zero-order chi connectivity index (χ0) is 19.4. The Labute approximate surface area is 144 Å². The summed E-state index contributed by atoms with van der Waals surface area (Å²) in [5.74, 6) is -0.657. The first-order valence-electron chi connectivity index (χ1n) is 7.04. The van der Waals surface area contributed by atoms with Crippen molar-refractivity contribution in [3.05, 3.63) is 59.9 Å². The van der Waals surface area contributed by atoms with Gasteiger partial charge < -0.3 is 4.74 Å². The van der Waals surface area contributed by atoms with Crippen LogP contribution < -0.4 is 4.74 Å². The van der Waals surface area contributed by atoms with Crippen molar-refractivity contribution in [2.75, 3.05) is 0 Å². The van der Waals surface area contributed by atoms with Crippen LogP contribution >= 0.6 is 0 Å². The van der Waals surface area contributed by atoms with Crippen LogP contribution in [0.5, 0.6) is 5.75 Å². The molecule has 0 radical (unpaired) electrons. The first kappa shape index (κ1) is 19.3. The fourth-order valence-electron chi connectivity index (χ4n) is 1.88. The van der Waals surface area contributed by atoms with Crippen molar-refractivity contribution in [3.63, 3.8) is 0 Å². The van der Waals surface area contributed by atoms with Gasteiger partial charge in [-0.05, 0) is 35.9 Å². The van der Waals surface area contributed by atoms with E-state index >= 15 is 0 Å². The first-order chi connectivity index (χ1) is 12.1. The van der Waals surface area contributed by atoms with Crippen molar-refractivity contribution in [2.24, 2.45) is 0 Å². The Hall–Kier alpha value is -3.02. The highest BCUT2D eigenvalue weighted by Crippen LogP contribution is 2.36. The minimum absolute atomic E-state index is 0.186. The number of nitrogens with zero attached hydrogens (tertiary/aromatic N) is 2. The molecule has 2 rings (SSSR count). The summed E-state index contributed by atoms with van der Waals surface area (Å²) in [5, 5.41) is 9.16. The number of benzene rings is 1. The van der Waals surface area contributed by atoms with Gasteiger partial charge in [-0.15, -0.1) is 0 Å². The third-order valence-corrected chi connectivity index (χ3v) is 3.09. The van der Waals surface area contributed by atoms with Gasteiger partial charge in [-0.1, -0.05) is 18.2 Å². The maximum atomic E-state index is 13.2. The quantitative estimate of drug-likeness (QED) is 0.547. The summed E-state index contributed by atoms with van der Waals surface area (Å²) in [7, 11) is 0. The van der Waals surface area contributed by atoms with Crippen molar-refractivity contribution in [3.8, 4) is 11.8 Å². The number of alkyl halides is 6. The van der Waals surface area contributed by atoms with E-state index in [0.717, 1.165) is 12.1 Å². The summed E-state index contributed by atoms with van der Waals surface area (Å²) in [6, 6.07) is 11.2. The summed E-state index contributed by atoms with van der Waals surface area (Å²) in [5.41, 5.74) is 0.952. The van der Waals surface area contributed by atoms with Gasteiger partial charge in [0.05, 0.1) is 11.3 Å². The van der Waals surface area contributed by atoms with E-state index in [-0.39, 0.29) is 5.57 Å². The average Bonchev–Trinajstić information content (AvgIpc) is 2.60. The third kappa shape index (κ3) is 4.75. The second-order valence-corrected chi connectivity index (χ2v) is 5.02. The summed E-state index contributed by atoms with van der Waals surface area (Å²) in [6.07, 6.45) is -12.4. The standard InChI is InChI=1S/C17H10F6N2O/c18-15(16(19,20)21)17(22,23)26-13-6-4-11(5-7-13)9-12(10-24)14-3-1-2-8-25-14/h1-9,15H/b12-9+/t15-/m1/s1. The summed E-state index contributed by atoms with van der Waals surface area (Å²) < 4.78 is 79.3. The minimum atomic E-state index is -5.75. The molecule has 0 bridgehead atoms. The maximum absolute atomic E-state index is 13.2. The molecule has 0 aliphatic carbocycles.